The largest absolute Gasteiger partial charge is 0.361 e. The van der Waals surface area contributed by atoms with Crippen LogP contribution in [-0.4, -0.2) is 23.0 Å². The number of hydrogen-bond donors (Lipinski definition) is 2. The van der Waals surface area contributed by atoms with E-state index in [1.165, 1.54) is 29.1 Å². The first-order valence-electron chi connectivity index (χ1n) is 10.2. The van der Waals surface area contributed by atoms with E-state index >= 15 is 0 Å². The van der Waals surface area contributed by atoms with Crippen LogP contribution in [0.1, 0.15) is 5.56 Å². The molecule has 3 aromatic carbocycles. The number of rotatable bonds is 6. The molecule has 2 N–H and O–H groups in total. The Morgan fingerprint density at radius 1 is 1.00 bits per heavy atom. The number of aryl methyl sites for hydroxylation is 2. The summed E-state index contributed by atoms with van der Waals surface area (Å²) < 4.78 is 29.5. The van der Waals surface area contributed by atoms with E-state index in [1.54, 1.807) is 24.3 Å². The Morgan fingerprint density at radius 2 is 1.79 bits per heavy atom. The van der Waals surface area contributed by atoms with Gasteiger partial charge in [0.2, 0.25) is 0 Å². The Labute approximate surface area is 194 Å². The highest BCUT2D eigenvalue weighted by molar-refractivity contribution is 7.92. The van der Waals surface area contributed by atoms with E-state index in [-0.39, 0.29) is 21.2 Å². The van der Waals surface area contributed by atoms with Crippen LogP contribution < -0.4 is 10.3 Å². The molecule has 5 rings (SSSR count). The van der Waals surface area contributed by atoms with E-state index in [0.29, 0.717) is 23.9 Å². The van der Waals surface area contributed by atoms with Crippen molar-refractivity contribution in [2.45, 2.75) is 17.9 Å². The molecule has 2 aromatic heterocycles. The lowest BCUT2D eigenvalue weighted by Gasteiger charge is -2.11. The number of nitrogens with one attached hydrogen (secondary N) is 2. The number of nitrogens with zero attached hydrogens (tertiary/aromatic N) is 2. The fourth-order valence-electron chi connectivity index (χ4n) is 3.83. The van der Waals surface area contributed by atoms with E-state index in [4.69, 9.17) is 11.6 Å². The quantitative estimate of drug-likeness (QED) is 0.373. The van der Waals surface area contributed by atoms with Crippen LogP contribution in [0.15, 0.2) is 88.9 Å². The van der Waals surface area contributed by atoms with Gasteiger partial charge in [0, 0.05) is 29.3 Å². The van der Waals surface area contributed by atoms with Crippen molar-refractivity contribution in [2.24, 2.45) is 0 Å². The van der Waals surface area contributed by atoms with E-state index < -0.39 is 10.0 Å². The van der Waals surface area contributed by atoms with Gasteiger partial charge in [-0.05, 0) is 48.4 Å². The van der Waals surface area contributed by atoms with Gasteiger partial charge in [0.25, 0.3) is 15.6 Å². The van der Waals surface area contributed by atoms with Crippen molar-refractivity contribution < 1.29 is 8.42 Å². The number of sulfonamides is 1. The lowest BCUT2D eigenvalue weighted by atomic mass is 10.1. The molecule has 0 saturated heterocycles. The van der Waals surface area contributed by atoms with Crippen LogP contribution >= 0.6 is 11.6 Å². The zero-order valence-corrected chi connectivity index (χ0v) is 18.9. The fourth-order valence-corrected chi connectivity index (χ4v) is 5.40. The molecule has 0 atom stereocenters. The summed E-state index contributed by atoms with van der Waals surface area (Å²) in [6.07, 6.45) is 4.12. The van der Waals surface area contributed by atoms with Crippen LogP contribution in [0, 0.1) is 0 Å². The predicted molar refractivity (Wildman–Crippen MR) is 130 cm³/mol. The molecule has 2 heterocycles. The number of anilines is 1. The Morgan fingerprint density at radius 3 is 2.64 bits per heavy atom. The normalized spacial score (nSPS) is 11.8. The lowest BCUT2D eigenvalue weighted by molar-refractivity contribution is 0.601. The van der Waals surface area contributed by atoms with Gasteiger partial charge in [0.1, 0.15) is 4.90 Å². The summed E-state index contributed by atoms with van der Waals surface area (Å²) in [6.45, 7) is 0.444. The highest BCUT2D eigenvalue weighted by Crippen LogP contribution is 2.24. The topological polar surface area (TPSA) is 96.8 Å². The number of hydrogen-bond acceptors (Lipinski definition) is 4. The molecular weight excluding hydrogens is 460 g/mol. The molecule has 0 aliphatic heterocycles. The summed E-state index contributed by atoms with van der Waals surface area (Å²) >= 11 is 6.04. The molecule has 33 heavy (non-hydrogen) atoms. The predicted octanol–water partition coefficient (Wildman–Crippen LogP) is 4.57. The molecule has 0 radical (unpaired) electrons. The highest BCUT2D eigenvalue weighted by Gasteiger charge is 2.18. The molecule has 0 aliphatic carbocycles. The first kappa shape index (κ1) is 21.2. The maximum Gasteiger partial charge on any atom is 0.263 e. The molecule has 9 heteroatoms. The molecule has 5 aromatic rings. The van der Waals surface area contributed by atoms with E-state index in [2.05, 4.69) is 14.7 Å². The maximum atomic E-state index is 13.1. The summed E-state index contributed by atoms with van der Waals surface area (Å²) in [5, 5.41) is 1.57. The standard InChI is InChI=1S/C24H19ClN4O3S/c25-20-6-2-4-8-23(20)33(31,32)28-17-9-10-22-19(13-17)24(30)29(15-27-22)12-11-16-14-26-21-7-3-1-5-18(16)21/h1-10,13-15,26,28H,11-12H2. The number of fused-ring (bicyclic) bond motifs is 2. The van der Waals surface area contributed by atoms with Gasteiger partial charge in [-0.2, -0.15) is 0 Å². The third kappa shape index (κ3) is 4.10. The van der Waals surface area contributed by atoms with Crippen molar-refractivity contribution in [3.63, 3.8) is 0 Å². The summed E-state index contributed by atoms with van der Waals surface area (Å²) in [4.78, 5) is 20.7. The van der Waals surface area contributed by atoms with E-state index in [0.717, 1.165) is 16.5 Å². The van der Waals surface area contributed by atoms with Crippen LogP contribution in [0.3, 0.4) is 0 Å². The summed E-state index contributed by atoms with van der Waals surface area (Å²) in [5.74, 6) is 0. The smallest absolute Gasteiger partial charge is 0.263 e. The minimum atomic E-state index is -3.91. The zero-order chi connectivity index (χ0) is 23.0. The summed E-state index contributed by atoms with van der Waals surface area (Å²) in [6, 6.07) is 18.9. The van der Waals surface area contributed by atoms with Gasteiger partial charge in [-0.1, -0.05) is 41.9 Å². The number of H-pyrrole nitrogens is 1. The van der Waals surface area contributed by atoms with Gasteiger partial charge in [0.15, 0.2) is 0 Å². The van der Waals surface area contributed by atoms with Gasteiger partial charge in [0.05, 0.1) is 22.3 Å². The number of halogens is 1. The SMILES string of the molecule is O=c1c2cc(NS(=O)(=O)c3ccccc3Cl)ccc2ncn1CCc1c[nH]c2ccccc12. The van der Waals surface area contributed by atoms with Crippen LogP contribution in [-0.2, 0) is 23.0 Å². The molecule has 0 aliphatic rings. The second-order valence-electron chi connectivity index (χ2n) is 7.62. The first-order chi connectivity index (χ1) is 15.9. The van der Waals surface area contributed by atoms with Crippen molar-refractivity contribution in [3.05, 3.63) is 100 Å². The first-order valence-corrected chi connectivity index (χ1v) is 12.1. The maximum absolute atomic E-state index is 13.1. The zero-order valence-electron chi connectivity index (χ0n) is 17.3. The minimum Gasteiger partial charge on any atom is -0.361 e. The van der Waals surface area contributed by atoms with Crippen molar-refractivity contribution in [2.75, 3.05) is 4.72 Å². The molecule has 166 valence electrons. The van der Waals surface area contributed by atoms with E-state index in [9.17, 15) is 13.2 Å². The van der Waals surface area contributed by atoms with Crippen LogP contribution in [0.25, 0.3) is 21.8 Å². The number of benzene rings is 3. The Hall–Kier alpha value is -3.62. The molecular formula is C24H19ClN4O3S. The van der Waals surface area contributed by atoms with Crippen molar-refractivity contribution >= 4 is 49.1 Å². The molecule has 0 saturated carbocycles. The molecule has 0 amide bonds. The van der Waals surface area contributed by atoms with Crippen LogP contribution in [0.5, 0.6) is 0 Å². The van der Waals surface area contributed by atoms with Crippen molar-refractivity contribution in [1.29, 1.82) is 0 Å². The second kappa shape index (κ2) is 8.38. The summed E-state index contributed by atoms with van der Waals surface area (Å²) in [5.41, 5.74) is 2.67. The third-order valence-corrected chi connectivity index (χ3v) is 7.38. The lowest BCUT2D eigenvalue weighted by Crippen LogP contribution is -2.22. The molecule has 7 nitrogen and oxygen atoms in total. The van der Waals surface area contributed by atoms with Gasteiger partial charge in [-0.15, -0.1) is 0 Å². The van der Waals surface area contributed by atoms with E-state index in [1.807, 2.05) is 30.5 Å². The number of aromatic amines is 1. The van der Waals surface area contributed by atoms with Crippen LogP contribution in [0.4, 0.5) is 5.69 Å². The van der Waals surface area contributed by atoms with Gasteiger partial charge < -0.3 is 4.98 Å². The Bertz CT molecular complexity index is 1660. The highest BCUT2D eigenvalue weighted by atomic mass is 35.5. The molecule has 0 fully saturated rings. The minimum absolute atomic E-state index is 0.0332. The van der Waals surface area contributed by atoms with Crippen molar-refractivity contribution in [1.82, 2.24) is 14.5 Å². The van der Waals surface area contributed by atoms with Gasteiger partial charge in [-0.3, -0.25) is 14.1 Å². The average molecular weight is 479 g/mol. The van der Waals surface area contributed by atoms with Gasteiger partial charge in [-0.25, -0.2) is 13.4 Å². The van der Waals surface area contributed by atoms with Crippen LogP contribution in [0.2, 0.25) is 5.02 Å². The Kier molecular flexibility index (Phi) is 5.39. The fraction of sp³-hybridized carbons (Fsp3) is 0.0833. The second-order valence-corrected chi connectivity index (χ2v) is 9.68. The molecule has 0 spiro atoms. The van der Waals surface area contributed by atoms with Gasteiger partial charge >= 0.3 is 0 Å². The molecule has 0 unspecified atom stereocenters. The molecule has 0 bridgehead atoms. The third-order valence-electron chi connectivity index (χ3n) is 5.50. The summed E-state index contributed by atoms with van der Waals surface area (Å²) in [7, 11) is -3.91. The number of para-hydroxylation sites is 1. The monoisotopic (exact) mass is 478 g/mol. The van der Waals surface area contributed by atoms with Crippen molar-refractivity contribution in [3.8, 4) is 0 Å². The average Bonchev–Trinajstić information content (AvgIpc) is 3.22. The Balaban J connectivity index is 1.44. The number of aromatic nitrogens is 3.